The smallest absolute Gasteiger partial charge is 0.130 e. The highest BCUT2D eigenvalue weighted by atomic mass is 35.5. The molecule has 0 aliphatic heterocycles. The van der Waals surface area contributed by atoms with Crippen LogP contribution in [0.5, 0.6) is 0 Å². The third-order valence-corrected chi connectivity index (χ3v) is 3.01. The van der Waals surface area contributed by atoms with Crippen molar-refractivity contribution < 1.29 is 4.39 Å². The van der Waals surface area contributed by atoms with E-state index >= 15 is 0 Å². The largest absolute Gasteiger partial charge is 0.330 e. The van der Waals surface area contributed by atoms with Gasteiger partial charge in [0.1, 0.15) is 5.82 Å². The van der Waals surface area contributed by atoms with E-state index in [1.165, 1.54) is 0 Å². The molecule has 0 aromatic heterocycles. The molecule has 0 spiro atoms. The lowest BCUT2D eigenvalue weighted by Gasteiger charge is -2.15. The second kappa shape index (κ2) is 4.28. The third-order valence-electron chi connectivity index (χ3n) is 2.62. The number of hydrogen-bond acceptors (Lipinski definition) is 1. The van der Waals surface area contributed by atoms with Crippen molar-refractivity contribution in [2.45, 2.75) is 26.7 Å². The van der Waals surface area contributed by atoms with Gasteiger partial charge in [0.15, 0.2) is 0 Å². The quantitative estimate of drug-likeness (QED) is 0.806. The van der Waals surface area contributed by atoms with Crippen LogP contribution >= 0.6 is 11.6 Å². The fraction of sp³-hybridized carbons (Fsp3) is 0.455. The summed E-state index contributed by atoms with van der Waals surface area (Å²) in [6, 6.07) is 1.81. The Kier molecular flexibility index (Phi) is 3.51. The van der Waals surface area contributed by atoms with Crippen LogP contribution in [0.1, 0.15) is 29.5 Å². The molecule has 1 aromatic carbocycles. The summed E-state index contributed by atoms with van der Waals surface area (Å²) < 4.78 is 13.6. The Morgan fingerprint density at radius 2 is 2.00 bits per heavy atom. The molecule has 1 unspecified atom stereocenters. The Morgan fingerprint density at radius 1 is 1.43 bits per heavy atom. The van der Waals surface area contributed by atoms with Gasteiger partial charge >= 0.3 is 0 Å². The van der Waals surface area contributed by atoms with Crippen molar-refractivity contribution >= 4 is 11.6 Å². The van der Waals surface area contributed by atoms with E-state index in [9.17, 15) is 4.39 Å². The molecule has 3 heteroatoms. The van der Waals surface area contributed by atoms with Crippen LogP contribution in [0.25, 0.3) is 0 Å². The van der Waals surface area contributed by atoms with Crippen LogP contribution in [0.2, 0.25) is 5.02 Å². The number of rotatable bonds is 2. The Labute approximate surface area is 89.1 Å². The zero-order valence-corrected chi connectivity index (χ0v) is 9.45. The first kappa shape index (κ1) is 11.5. The molecule has 1 aromatic rings. The van der Waals surface area contributed by atoms with Crippen molar-refractivity contribution in [1.82, 2.24) is 0 Å². The summed E-state index contributed by atoms with van der Waals surface area (Å²) in [5.74, 6) is -0.0737. The van der Waals surface area contributed by atoms with Gasteiger partial charge in [-0.25, -0.2) is 4.39 Å². The van der Waals surface area contributed by atoms with Crippen molar-refractivity contribution in [3.8, 4) is 0 Å². The van der Waals surface area contributed by atoms with Gasteiger partial charge in [0, 0.05) is 10.6 Å². The van der Waals surface area contributed by atoms with E-state index in [1.807, 2.05) is 13.0 Å². The maximum Gasteiger partial charge on any atom is 0.130 e. The van der Waals surface area contributed by atoms with Gasteiger partial charge in [0.05, 0.1) is 0 Å². The van der Waals surface area contributed by atoms with Crippen LogP contribution in [0.4, 0.5) is 4.39 Å². The Balaban J connectivity index is 3.33. The first-order valence-electron chi connectivity index (χ1n) is 4.64. The summed E-state index contributed by atoms with van der Waals surface area (Å²) >= 11 is 5.91. The summed E-state index contributed by atoms with van der Waals surface area (Å²) in [6.45, 7) is 5.91. The molecule has 0 fully saturated rings. The maximum atomic E-state index is 13.6. The van der Waals surface area contributed by atoms with Crippen LogP contribution < -0.4 is 5.73 Å². The predicted molar refractivity (Wildman–Crippen MR) is 58.4 cm³/mol. The Hall–Kier alpha value is -0.600. The van der Waals surface area contributed by atoms with Gasteiger partial charge in [0.25, 0.3) is 0 Å². The van der Waals surface area contributed by atoms with Gasteiger partial charge in [-0.3, -0.25) is 0 Å². The minimum Gasteiger partial charge on any atom is -0.330 e. The van der Waals surface area contributed by atoms with Crippen LogP contribution in [0.3, 0.4) is 0 Å². The Morgan fingerprint density at radius 3 is 2.50 bits per heavy atom. The summed E-state index contributed by atoms with van der Waals surface area (Å²) in [5.41, 5.74) is 7.62. The third kappa shape index (κ3) is 1.91. The Bertz CT molecular complexity index is 350. The van der Waals surface area contributed by atoms with Crippen molar-refractivity contribution in [1.29, 1.82) is 0 Å². The number of hydrogen-bond donors (Lipinski definition) is 1. The van der Waals surface area contributed by atoms with Crippen molar-refractivity contribution in [3.05, 3.63) is 33.6 Å². The minimum absolute atomic E-state index is 0.141. The van der Waals surface area contributed by atoms with Gasteiger partial charge < -0.3 is 5.73 Å². The topological polar surface area (TPSA) is 26.0 Å². The van der Waals surface area contributed by atoms with E-state index in [0.29, 0.717) is 22.7 Å². The highest BCUT2D eigenvalue weighted by Crippen LogP contribution is 2.28. The molecule has 0 aliphatic carbocycles. The molecule has 1 nitrogen and oxygen atoms in total. The van der Waals surface area contributed by atoms with Gasteiger partial charge in [0.2, 0.25) is 0 Å². The van der Waals surface area contributed by atoms with Crippen molar-refractivity contribution in [2.24, 2.45) is 5.73 Å². The maximum absolute atomic E-state index is 13.6. The summed E-state index contributed by atoms with van der Waals surface area (Å²) in [4.78, 5) is 0. The number of nitrogens with two attached hydrogens (primary N) is 1. The lowest BCUT2D eigenvalue weighted by Crippen LogP contribution is -2.11. The van der Waals surface area contributed by atoms with Gasteiger partial charge in [-0.2, -0.15) is 0 Å². The summed E-state index contributed by atoms with van der Waals surface area (Å²) in [6.07, 6.45) is 0. The van der Waals surface area contributed by atoms with E-state index in [0.717, 1.165) is 5.56 Å². The van der Waals surface area contributed by atoms with E-state index in [4.69, 9.17) is 17.3 Å². The predicted octanol–water partition coefficient (Wildman–Crippen LogP) is 3.16. The monoisotopic (exact) mass is 215 g/mol. The van der Waals surface area contributed by atoms with E-state index < -0.39 is 0 Å². The van der Waals surface area contributed by atoms with Crippen LogP contribution in [0.15, 0.2) is 6.07 Å². The molecular weight excluding hydrogens is 201 g/mol. The minimum atomic E-state index is -0.215. The fourth-order valence-electron chi connectivity index (χ4n) is 1.50. The fourth-order valence-corrected chi connectivity index (χ4v) is 1.71. The highest BCUT2D eigenvalue weighted by Gasteiger charge is 2.14. The molecule has 2 N–H and O–H groups in total. The van der Waals surface area contributed by atoms with Crippen LogP contribution in [-0.4, -0.2) is 6.54 Å². The summed E-state index contributed by atoms with van der Waals surface area (Å²) in [7, 11) is 0. The number of benzene rings is 1. The normalized spacial score (nSPS) is 13.0. The molecule has 0 saturated heterocycles. The van der Waals surface area contributed by atoms with Gasteiger partial charge in [-0.05, 0) is 43.5 Å². The van der Waals surface area contributed by atoms with Crippen LogP contribution in [0, 0.1) is 19.7 Å². The molecule has 0 heterocycles. The molecule has 14 heavy (non-hydrogen) atoms. The molecule has 0 amide bonds. The lowest BCUT2D eigenvalue weighted by molar-refractivity contribution is 0.601. The lowest BCUT2D eigenvalue weighted by atomic mass is 9.94. The molecule has 0 radical (unpaired) electrons. The molecule has 0 saturated carbocycles. The van der Waals surface area contributed by atoms with Gasteiger partial charge in [-0.15, -0.1) is 0 Å². The van der Waals surface area contributed by atoms with Crippen molar-refractivity contribution in [3.63, 3.8) is 0 Å². The standard InChI is InChI=1S/C11H15ClFN/c1-6(5-14)9-4-10(12)8(3)11(13)7(9)2/h4,6H,5,14H2,1-3H3. The van der Waals surface area contributed by atoms with E-state index in [-0.39, 0.29) is 11.7 Å². The zero-order chi connectivity index (χ0) is 10.9. The molecule has 78 valence electrons. The van der Waals surface area contributed by atoms with E-state index in [2.05, 4.69) is 0 Å². The van der Waals surface area contributed by atoms with Gasteiger partial charge in [-0.1, -0.05) is 18.5 Å². The average Bonchev–Trinajstić information content (AvgIpc) is 2.19. The van der Waals surface area contributed by atoms with Crippen molar-refractivity contribution in [2.75, 3.05) is 6.54 Å². The zero-order valence-electron chi connectivity index (χ0n) is 8.70. The average molecular weight is 216 g/mol. The second-order valence-corrected chi connectivity index (χ2v) is 4.06. The van der Waals surface area contributed by atoms with Crippen LogP contribution in [-0.2, 0) is 0 Å². The highest BCUT2D eigenvalue weighted by molar-refractivity contribution is 6.31. The molecule has 0 aliphatic rings. The number of halogens is 2. The molecule has 1 atom stereocenters. The molecule has 1 rings (SSSR count). The first-order valence-corrected chi connectivity index (χ1v) is 5.02. The molecular formula is C11H15ClFN. The van der Waals surface area contributed by atoms with E-state index in [1.54, 1.807) is 13.8 Å². The SMILES string of the molecule is Cc1c(Cl)cc(C(C)CN)c(C)c1F. The summed E-state index contributed by atoms with van der Waals surface area (Å²) in [5, 5.41) is 0.475. The first-order chi connectivity index (χ1) is 6.49. The molecule has 0 bridgehead atoms. The second-order valence-electron chi connectivity index (χ2n) is 3.65.